The van der Waals surface area contributed by atoms with Crippen molar-refractivity contribution in [3.05, 3.63) is 112 Å². The van der Waals surface area contributed by atoms with E-state index in [4.69, 9.17) is 25.5 Å². The van der Waals surface area contributed by atoms with Crippen LogP contribution in [-0.4, -0.2) is 28.2 Å². The Balaban J connectivity index is 1.62. The summed E-state index contributed by atoms with van der Waals surface area (Å²) in [6.45, 7) is 7.61. The van der Waals surface area contributed by atoms with Gasteiger partial charge in [-0.1, -0.05) is 35.1 Å². The minimum absolute atomic E-state index is 0.200. The average molecular weight is 608 g/mol. The number of aromatic nitrogens is 1. The van der Waals surface area contributed by atoms with Gasteiger partial charge in [-0.2, -0.15) is 0 Å². The van der Waals surface area contributed by atoms with Gasteiger partial charge in [0.05, 0.1) is 45.0 Å². The van der Waals surface area contributed by atoms with E-state index in [1.807, 2.05) is 19.1 Å². The van der Waals surface area contributed by atoms with Crippen LogP contribution < -0.4 is 19.6 Å². The number of furan rings is 1. The molecule has 0 amide bonds. The number of rotatable bonds is 8. The molecule has 1 aliphatic heterocycles. The molecule has 3 heterocycles. The zero-order valence-electron chi connectivity index (χ0n) is 23.1. The molecule has 0 N–H and O–H groups in total. The third kappa shape index (κ3) is 5.65. The van der Waals surface area contributed by atoms with Crippen LogP contribution in [0.15, 0.2) is 80.1 Å². The van der Waals surface area contributed by atoms with Gasteiger partial charge in [0.25, 0.3) is 11.2 Å². The summed E-state index contributed by atoms with van der Waals surface area (Å²) in [6, 6.07) is 13.9. The fourth-order valence-electron chi connectivity index (χ4n) is 4.66. The van der Waals surface area contributed by atoms with Crippen LogP contribution in [-0.2, 0) is 9.53 Å². The Labute approximate surface area is 248 Å². The zero-order valence-corrected chi connectivity index (χ0v) is 24.7. The molecular formula is C30H26ClN3O7S. The Morgan fingerprint density at radius 2 is 1.95 bits per heavy atom. The molecule has 2 aromatic heterocycles. The Morgan fingerprint density at radius 3 is 2.62 bits per heavy atom. The first kappa shape index (κ1) is 29.0. The number of carbonyl (C=O) groups excluding carboxylic acids is 1. The van der Waals surface area contributed by atoms with Gasteiger partial charge in [-0.25, -0.2) is 9.79 Å². The highest BCUT2D eigenvalue weighted by Gasteiger charge is 2.34. The number of halogens is 1. The number of nitrogens with zero attached hydrogens (tertiary/aromatic N) is 3. The highest BCUT2D eigenvalue weighted by molar-refractivity contribution is 7.07. The van der Waals surface area contributed by atoms with Crippen molar-refractivity contribution in [2.24, 2.45) is 4.99 Å². The van der Waals surface area contributed by atoms with Gasteiger partial charge in [-0.3, -0.25) is 19.5 Å². The van der Waals surface area contributed by atoms with Gasteiger partial charge in [0.15, 0.2) is 4.80 Å². The largest absolute Gasteiger partial charge is 0.494 e. The number of allylic oxidation sites excluding steroid dienone is 1. The first-order valence-electron chi connectivity index (χ1n) is 13.1. The molecule has 12 heteroatoms. The van der Waals surface area contributed by atoms with Crippen LogP contribution in [0.2, 0.25) is 5.02 Å². The number of thiazole rings is 1. The zero-order chi connectivity index (χ0) is 30.1. The molecule has 0 bridgehead atoms. The highest BCUT2D eigenvalue weighted by Crippen LogP contribution is 2.34. The van der Waals surface area contributed by atoms with Gasteiger partial charge in [-0.05, 0) is 69.7 Å². The van der Waals surface area contributed by atoms with E-state index in [9.17, 15) is 19.7 Å². The van der Waals surface area contributed by atoms with Gasteiger partial charge in [-0.15, -0.1) is 0 Å². The van der Waals surface area contributed by atoms with Crippen molar-refractivity contribution in [2.75, 3.05) is 6.61 Å². The van der Waals surface area contributed by atoms with Crippen LogP contribution in [0.25, 0.3) is 17.4 Å². The van der Waals surface area contributed by atoms with Crippen LogP contribution in [0.1, 0.15) is 45.1 Å². The summed E-state index contributed by atoms with van der Waals surface area (Å²) in [5.41, 5.74) is 1.08. The number of benzene rings is 2. The van der Waals surface area contributed by atoms with E-state index in [-0.39, 0.29) is 39.3 Å². The first-order valence-corrected chi connectivity index (χ1v) is 14.3. The molecule has 0 saturated heterocycles. The predicted octanol–water partition coefficient (Wildman–Crippen LogP) is 5.41. The van der Waals surface area contributed by atoms with E-state index in [2.05, 4.69) is 4.99 Å². The average Bonchev–Trinajstić information content (AvgIpc) is 3.52. The molecule has 1 aliphatic rings. The summed E-state index contributed by atoms with van der Waals surface area (Å²) >= 11 is 7.09. The number of ether oxygens (including phenoxy) is 2. The van der Waals surface area contributed by atoms with Crippen molar-refractivity contribution in [1.29, 1.82) is 0 Å². The van der Waals surface area contributed by atoms with E-state index >= 15 is 0 Å². The molecule has 0 spiro atoms. The van der Waals surface area contributed by atoms with E-state index in [1.165, 1.54) is 22.8 Å². The van der Waals surface area contributed by atoms with Crippen molar-refractivity contribution in [3.8, 4) is 17.1 Å². The fraction of sp³-hybridized carbons (Fsp3) is 0.233. The molecule has 5 rings (SSSR count). The third-order valence-corrected chi connectivity index (χ3v) is 7.63. The minimum Gasteiger partial charge on any atom is -0.494 e. The quantitative estimate of drug-likeness (QED) is 0.149. The number of fused-ring (bicyclic) bond motifs is 1. The van der Waals surface area contributed by atoms with Gasteiger partial charge in [0.1, 0.15) is 17.3 Å². The Morgan fingerprint density at radius 1 is 1.21 bits per heavy atom. The number of carbonyl (C=O) groups is 1. The van der Waals surface area contributed by atoms with E-state index in [0.29, 0.717) is 38.7 Å². The Hall–Kier alpha value is -4.48. The maximum absolute atomic E-state index is 13.9. The van der Waals surface area contributed by atoms with Crippen molar-refractivity contribution in [3.63, 3.8) is 0 Å². The summed E-state index contributed by atoms with van der Waals surface area (Å²) < 4.78 is 18.8. The first-order chi connectivity index (χ1) is 20.1. The van der Waals surface area contributed by atoms with E-state index < -0.39 is 16.9 Å². The van der Waals surface area contributed by atoms with Crippen molar-refractivity contribution >= 4 is 40.7 Å². The molecule has 2 aromatic carbocycles. The molecule has 1 atom stereocenters. The second-order valence-corrected chi connectivity index (χ2v) is 11.1. The van der Waals surface area contributed by atoms with Gasteiger partial charge in [0.2, 0.25) is 0 Å². The Kier molecular flexibility index (Phi) is 8.15. The summed E-state index contributed by atoms with van der Waals surface area (Å²) in [6.07, 6.45) is 1.18. The van der Waals surface area contributed by atoms with Crippen LogP contribution in [0.3, 0.4) is 0 Å². The number of hydrogen-bond acceptors (Lipinski definition) is 9. The summed E-state index contributed by atoms with van der Waals surface area (Å²) in [4.78, 5) is 43.2. The molecule has 0 unspecified atom stereocenters. The lowest BCUT2D eigenvalue weighted by atomic mass is 9.96. The maximum atomic E-state index is 13.9. The smallest absolute Gasteiger partial charge is 0.338 e. The molecule has 0 saturated carbocycles. The van der Waals surface area contributed by atoms with Crippen LogP contribution >= 0.6 is 22.9 Å². The molecule has 10 nitrogen and oxygen atoms in total. The topological polar surface area (TPSA) is 126 Å². The normalized spacial score (nSPS) is 15.0. The van der Waals surface area contributed by atoms with Crippen LogP contribution in [0.4, 0.5) is 5.69 Å². The number of nitro benzene ring substituents is 1. The number of esters is 1. The van der Waals surface area contributed by atoms with Crippen molar-refractivity contribution in [1.82, 2.24) is 4.57 Å². The van der Waals surface area contributed by atoms with E-state index in [1.54, 1.807) is 51.1 Å². The molecule has 0 fully saturated rings. The molecular weight excluding hydrogens is 582 g/mol. The lowest BCUT2D eigenvalue weighted by molar-refractivity contribution is -0.384. The SMILES string of the molecule is CCOc1ccc([C@@H]2C(C(=O)OC(C)C)=C(C)N=c3s/c(=C/c4ccc(-c5ccc(Cl)cc5[N+](=O)[O-])o4)c(=O)n32)cc1. The molecule has 216 valence electrons. The summed E-state index contributed by atoms with van der Waals surface area (Å²) in [5, 5.41) is 11.8. The second-order valence-electron chi connectivity index (χ2n) is 9.66. The van der Waals surface area contributed by atoms with Crippen molar-refractivity contribution in [2.45, 2.75) is 39.8 Å². The van der Waals surface area contributed by atoms with Crippen LogP contribution in [0.5, 0.6) is 5.75 Å². The standard InChI is InChI=1S/C30H26ClN3O7S/c1-5-39-20-9-6-18(7-10-20)27-26(29(36)40-16(2)3)17(4)32-30-33(27)28(35)25(42-30)15-21-11-13-24(41-21)22-12-8-19(31)14-23(22)34(37)38/h6-16,27H,5H2,1-4H3/b25-15+/t27-/m1/s1. The molecule has 4 aromatic rings. The summed E-state index contributed by atoms with van der Waals surface area (Å²) in [5.74, 6) is 0.668. The van der Waals surface area contributed by atoms with Gasteiger partial charge < -0.3 is 13.9 Å². The molecule has 0 aliphatic carbocycles. The lowest BCUT2D eigenvalue weighted by Gasteiger charge is -2.25. The molecule has 0 radical (unpaired) electrons. The molecule has 42 heavy (non-hydrogen) atoms. The number of nitro groups is 1. The number of hydrogen-bond donors (Lipinski definition) is 0. The monoisotopic (exact) mass is 607 g/mol. The van der Waals surface area contributed by atoms with Crippen LogP contribution in [0, 0.1) is 10.1 Å². The fourth-order valence-corrected chi connectivity index (χ4v) is 5.85. The van der Waals surface area contributed by atoms with E-state index in [0.717, 1.165) is 11.3 Å². The highest BCUT2D eigenvalue weighted by atomic mass is 35.5. The van der Waals surface area contributed by atoms with Gasteiger partial charge in [0, 0.05) is 17.2 Å². The maximum Gasteiger partial charge on any atom is 0.338 e. The predicted molar refractivity (Wildman–Crippen MR) is 158 cm³/mol. The summed E-state index contributed by atoms with van der Waals surface area (Å²) in [7, 11) is 0. The van der Waals surface area contributed by atoms with Crippen molar-refractivity contribution < 1.29 is 23.6 Å². The van der Waals surface area contributed by atoms with Gasteiger partial charge >= 0.3 is 5.97 Å². The third-order valence-electron chi connectivity index (χ3n) is 6.41. The minimum atomic E-state index is -0.783. The Bertz CT molecular complexity index is 1900. The second kappa shape index (κ2) is 11.8. The lowest BCUT2D eigenvalue weighted by Crippen LogP contribution is -2.40.